The standard InChI is InChI=1S/C38H33F3N4O2/c1-43-34-29(15-27(17-32(34)47-2)36(46)45-21-37-18-25(19-37)14-33(37)45)42-35(43)31-16-26-13-23(9-12-30(26)44(31)20-24-5-6-24)4-3-22-7-10-28(11-8-22)38(39,40)41/h3-4,7-13,15-18,24,33H,5-6,14,19-21H2,1-2H3/b4-3+/t33?,37-/m0/s1. The minimum atomic E-state index is -4.35. The molecule has 6 nitrogen and oxygen atoms in total. The second-order valence-electron chi connectivity index (χ2n) is 13.8. The Kier molecular flexibility index (Phi) is 5.96. The molecule has 5 aromatic rings. The smallest absolute Gasteiger partial charge is 0.416 e. The molecule has 2 bridgehead atoms. The van der Waals surface area contributed by atoms with Crippen LogP contribution >= 0.6 is 0 Å². The summed E-state index contributed by atoms with van der Waals surface area (Å²) >= 11 is 0. The molecule has 10 rings (SSSR count). The summed E-state index contributed by atoms with van der Waals surface area (Å²) < 4.78 is 49.2. The Balaban J connectivity index is 1.07. The summed E-state index contributed by atoms with van der Waals surface area (Å²) in [4.78, 5) is 20.8. The zero-order valence-corrected chi connectivity index (χ0v) is 26.1. The van der Waals surface area contributed by atoms with Crippen molar-refractivity contribution in [3.63, 3.8) is 0 Å². The highest BCUT2D eigenvalue weighted by Crippen LogP contribution is 2.61. The number of benzene rings is 3. The highest BCUT2D eigenvalue weighted by atomic mass is 19.4. The number of ether oxygens (including phenoxy) is 1. The van der Waals surface area contributed by atoms with Crippen LogP contribution < -0.4 is 4.74 Å². The van der Waals surface area contributed by atoms with Crippen LogP contribution in [0.2, 0.25) is 0 Å². The average Bonchev–Trinajstić information content (AvgIpc) is 3.51. The Labute approximate surface area is 269 Å². The molecule has 4 aliphatic carbocycles. The monoisotopic (exact) mass is 634 g/mol. The maximum Gasteiger partial charge on any atom is 0.416 e. The highest BCUT2D eigenvalue weighted by molar-refractivity contribution is 6.01. The number of aromatic nitrogens is 3. The van der Waals surface area contributed by atoms with Crippen LogP contribution in [0.1, 0.15) is 52.7 Å². The third kappa shape index (κ3) is 4.46. The molecule has 238 valence electrons. The van der Waals surface area contributed by atoms with Crippen LogP contribution in [0.4, 0.5) is 13.2 Å². The number of amides is 1. The number of rotatable bonds is 7. The van der Waals surface area contributed by atoms with Crippen molar-refractivity contribution in [2.75, 3.05) is 13.7 Å². The topological polar surface area (TPSA) is 52.3 Å². The third-order valence-corrected chi connectivity index (χ3v) is 10.7. The van der Waals surface area contributed by atoms with Gasteiger partial charge in [0.2, 0.25) is 0 Å². The lowest BCUT2D eigenvalue weighted by Crippen LogP contribution is -2.63. The van der Waals surface area contributed by atoms with Crippen LogP contribution in [-0.2, 0) is 19.8 Å². The fourth-order valence-corrected chi connectivity index (χ4v) is 8.05. The summed E-state index contributed by atoms with van der Waals surface area (Å²) in [6.07, 6.45) is 6.30. The van der Waals surface area contributed by atoms with E-state index in [1.165, 1.54) is 30.5 Å². The Bertz CT molecular complexity index is 2180. The van der Waals surface area contributed by atoms with Gasteiger partial charge in [0, 0.05) is 48.1 Å². The third-order valence-electron chi connectivity index (χ3n) is 10.7. The fourth-order valence-electron chi connectivity index (χ4n) is 8.05. The van der Waals surface area contributed by atoms with Crippen LogP contribution in [-0.4, -0.2) is 44.6 Å². The molecule has 1 amide bonds. The molecule has 0 N–H and O–H groups in total. The fraction of sp³-hybridized carbons (Fsp3) is 0.316. The molecule has 1 aliphatic heterocycles. The molecular formula is C38H33F3N4O2. The first-order chi connectivity index (χ1) is 22.6. The van der Waals surface area contributed by atoms with E-state index in [1.54, 1.807) is 7.11 Å². The van der Waals surface area contributed by atoms with E-state index >= 15 is 0 Å². The second-order valence-corrected chi connectivity index (χ2v) is 13.8. The van der Waals surface area contributed by atoms with Gasteiger partial charge in [-0.25, -0.2) is 4.98 Å². The second kappa shape index (κ2) is 9.86. The number of alkyl halides is 3. The molecule has 2 aromatic heterocycles. The molecule has 3 heterocycles. The molecule has 5 aliphatic rings. The van der Waals surface area contributed by atoms with Crippen molar-refractivity contribution < 1.29 is 22.7 Å². The van der Waals surface area contributed by atoms with Crippen LogP contribution in [0.5, 0.6) is 5.75 Å². The first-order valence-electron chi connectivity index (χ1n) is 16.2. The number of carbonyl (C=O) groups is 1. The van der Waals surface area contributed by atoms with E-state index in [2.05, 4.69) is 33.4 Å². The SMILES string of the molecule is COc1cc(C(=O)N2C[C@@]34C=C(CC23)C4)cc2nc(-c3cc4cc(/C=C/c5ccc(C(F)(F)F)cc5)ccc4n3CC3CC3)n(C)c12. The lowest BCUT2D eigenvalue weighted by molar-refractivity contribution is -0.137. The molecule has 1 saturated heterocycles. The van der Waals surface area contributed by atoms with Crippen molar-refractivity contribution in [2.45, 2.75) is 44.4 Å². The number of hydrogen-bond acceptors (Lipinski definition) is 3. The normalized spacial score (nSPS) is 21.7. The van der Waals surface area contributed by atoms with Crippen LogP contribution in [0, 0.1) is 11.3 Å². The zero-order valence-electron chi connectivity index (χ0n) is 26.1. The summed E-state index contributed by atoms with van der Waals surface area (Å²) in [7, 11) is 3.62. The molecular weight excluding hydrogens is 601 g/mol. The molecule has 3 aromatic carbocycles. The molecule has 47 heavy (non-hydrogen) atoms. The van der Waals surface area contributed by atoms with E-state index in [1.807, 2.05) is 42.3 Å². The summed E-state index contributed by atoms with van der Waals surface area (Å²) in [5.74, 6) is 2.08. The Morgan fingerprint density at radius 2 is 1.79 bits per heavy atom. The summed E-state index contributed by atoms with van der Waals surface area (Å²) in [5.41, 5.74) is 6.96. The number of likely N-dealkylation sites (tertiary alicyclic amines) is 1. The van der Waals surface area contributed by atoms with Gasteiger partial charge in [-0.3, -0.25) is 4.79 Å². The lowest BCUT2D eigenvalue weighted by Gasteiger charge is -2.53. The molecule has 3 fully saturated rings. The van der Waals surface area contributed by atoms with E-state index in [-0.39, 0.29) is 11.3 Å². The quantitative estimate of drug-likeness (QED) is 0.134. The zero-order chi connectivity index (χ0) is 32.2. The lowest BCUT2D eigenvalue weighted by atomic mass is 9.69. The van der Waals surface area contributed by atoms with Crippen LogP contribution in [0.3, 0.4) is 0 Å². The van der Waals surface area contributed by atoms with Gasteiger partial charge in [-0.2, -0.15) is 13.2 Å². The number of aryl methyl sites for hydroxylation is 1. The molecule has 1 unspecified atom stereocenters. The van der Waals surface area contributed by atoms with Crippen molar-refractivity contribution in [1.82, 2.24) is 19.0 Å². The first kappa shape index (κ1) is 28.4. The number of carbonyl (C=O) groups excluding carboxylic acids is 1. The average molecular weight is 635 g/mol. The predicted molar refractivity (Wildman–Crippen MR) is 176 cm³/mol. The number of imidazole rings is 1. The van der Waals surface area contributed by atoms with E-state index < -0.39 is 11.7 Å². The van der Waals surface area contributed by atoms with Crippen molar-refractivity contribution in [1.29, 1.82) is 0 Å². The minimum Gasteiger partial charge on any atom is -0.494 e. The van der Waals surface area contributed by atoms with Crippen molar-refractivity contribution in [3.8, 4) is 17.3 Å². The number of hydrogen-bond donors (Lipinski definition) is 0. The molecule has 9 heteroatoms. The molecule has 0 radical (unpaired) electrons. The van der Waals surface area contributed by atoms with Gasteiger partial charge >= 0.3 is 6.18 Å². The summed E-state index contributed by atoms with van der Waals surface area (Å²) in [6, 6.07) is 17.6. The van der Waals surface area contributed by atoms with Crippen molar-refractivity contribution >= 4 is 40.0 Å². The molecule has 2 atom stereocenters. The van der Waals surface area contributed by atoms with Crippen LogP contribution in [0.25, 0.3) is 45.6 Å². The van der Waals surface area contributed by atoms with E-state index in [0.29, 0.717) is 28.8 Å². The van der Waals surface area contributed by atoms with Crippen molar-refractivity contribution in [2.24, 2.45) is 18.4 Å². The molecule has 2 saturated carbocycles. The van der Waals surface area contributed by atoms with Crippen molar-refractivity contribution in [3.05, 3.63) is 94.6 Å². The Morgan fingerprint density at radius 3 is 2.49 bits per heavy atom. The predicted octanol–water partition coefficient (Wildman–Crippen LogP) is 8.35. The van der Waals surface area contributed by atoms with Crippen LogP contribution in [0.15, 0.2) is 72.3 Å². The molecule has 1 spiro atoms. The first-order valence-corrected chi connectivity index (χ1v) is 16.2. The van der Waals surface area contributed by atoms with Gasteiger partial charge in [0.1, 0.15) is 11.3 Å². The number of nitrogens with zero attached hydrogens (tertiary/aromatic N) is 4. The number of halogens is 3. The van der Waals surface area contributed by atoms with Gasteiger partial charge in [0.15, 0.2) is 5.82 Å². The largest absolute Gasteiger partial charge is 0.494 e. The minimum absolute atomic E-state index is 0.0364. The van der Waals surface area contributed by atoms with Gasteiger partial charge < -0.3 is 18.8 Å². The summed E-state index contributed by atoms with van der Waals surface area (Å²) in [5, 5.41) is 1.06. The van der Waals surface area contributed by atoms with Gasteiger partial charge in [0.05, 0.1) is 23.9 Å². The van der Waals surface area contributed by atoms with Gasteiger partial charge in [-0.15, -0.1) is 0 Å². The maximum atomic E-state index is 13.7. The van der Waals surface area contributed by atoms with E-state index in [9.17, 15) is 18.0 Å². The Morgan fingerprint density at radius 1 is 1.04 bits per heavy atom. The Hall–Kier alpha value is -4.79. The van der Waals surface area contributed by atoms with Gasteiger partial charge in [0.25, 0.3) is 5.91 Å². The number of fused-ring (bicyclic) bond motifs is 2. The maximum absolute atomic E-state index is 13.7. The number of methoxy groups -OCH3 is 1. The van der Waals surface area contributed by atoms with Gasteiger partial charge in [-0.05, 0) is 85.2 Å². The van der Waals surface area contributed by atoms with E-state index in [0.717, 1.165) is 77.1 Å². The van der Waals surface area contributed by atoms with Gasteiger partial charge in [-0.1, -0.05) is 42.0 Å². The highest BCUT2D eigenvalue weighted by Gasteiger charge is 2.62. The van der Waals surface area contributed by atoms with E-state index in [4.69, 9.17) is 9.72 Å². The summed E-state index contributed by atoms with van der Waals surface area (Å²) in [6.45, 7) is 1.67.